The van der Waals surface area contributed by atoms with Gasteiger partial charge < -0.3 is 4.90 Å². The Balaban J connectivity index is 1.22. The van der Waals surface area contributed by atoms with Crippen molar-refractivity contribution in [2.75, 3.05) is 4.90 Å². The molecule has 9 aromatic rings. The molecule has 0 unspecified atom stereocenters. The number of para-hydroxylation sites is 2. The Morgan fingerprint density at radius 3 is 1.21 bits per heavy atom. The van der Waals surface area contributed by atoms with E-state index in [0.717, 1.165) is 17.1 Å². The predicted molar refractivity (Wildman–Crippen MR) is 207 cm³/mol. The van der Waals surface area contributed by atoms with Crippen LogP contribution in [0, 0.1) is 6.92 Å². The van der Waals surface area contributed by atoms with Crippen molar-refractivity contribution >= 4 is 60.2 Å². The normalized spacial score (nSPS) is 11.4. The van der Waals surface area contributed by atoms with Crippen molar-refractivity contribution < 1.29 is 0 Å². The molecule has 0 atom stereocenters. The summed E-state index contributed by atoms with van der Waals surface area (Å²) in [6.45, 7) is 2.16. The maximum atomic E-state index is 2.36. The number of rotatable bonds is 5. The summed E-state index contributed by atoms with van der Waals surface area (Å²) < 4.78 is 0. The molecule has 1 nitrogen and oxygen atoms in total. The summed E-state index contributed by atoms with van der Waals surface area (Å²) in [6, 6.07) is 66.4. The van der Waals surface area contributed by atoms with Gasteiger partial charge in [-0.1, -0.05) is 139 Å². The molecule has 0 bridgehead atoms. The molecular weight excluding hydrogens is 579 g/mol. The Hall–Kier alpha value is -6.18. The van der Waals surface area contributed by atoms with E-state index >= 15 is 0 Å². The smallest absolute Gasteiger partial charge is 0.0468 e. The van der Waals surface area contributed by atoms with E-state index in [2.05, 4.69) is 194 Å². The van der Waals surface area contributed by atoms with E-state index in [9.17, 15) is 0 Å². The largest absolute Gasteiger partial charge is 0.310 e. The lowest BCUT2D eigenvalue weighted by atomic mass is 9.85. The van der Waals surface area contributed by atoms with Gasteiger partial charge in [0.1, 0.15) is 0 Å². The van der Waals surface area contributed by atoms with Gasteiger partial charge in [-0.3, -0.25) is 0 Å². The second-order valence-corrected chi connectivity index (χ2v) is 12.7. The van der Waals surface area contributed by atoms with Gasteiger partial charge in [-0.25, -0.2) is 0 Å². The third kappa shape index (κ3) is 4.80. The number of aryl methyl sites for hydroxylation is 1. The zero-order valence-corrected chi connectivity index (χ0v) is 26.8. The Morgan fingerprint density at radius 1 is 0.312 bits per heavy atom. The highest BCUT2D eigenvalue weighted by Crippen LogP contribution is 2.45. The summed E-state index contributed by atoms with van der Waals surface area (Å²) in [7, 11) is 0. The van der Waals surface area contributed by atoms with Crippen molar-refractivity contribution in [3.63, 3.8) is 0 Å². The van der Waals surface area contributed by atoms with Gasteiger partial charge >= 0.3 is 0 Å². The molecule has 0 aliphatic heterocycles. The highest BCUT2D eigenvalue weighted by Gasteiger charge is 2.18. The van der Waals surface area contributed by atoms with Gasteiger partial charge in [0.05, 0.1) is 0 Å². The number of fused-ring (bicyclic) bond motifs is 4. The minimum atomic E-state index is 1.14. The van der Waals surface area contributed by atoms with Crippen LogP contribution in [0.25, 0.3) is 65.3 Å². The standard InChI is InChI=1S/C47H33N/c1-32-20-21-34-29-37(24-22-33(34)28-32)46-42-16-8-10-18-44(42)47(45-19-11-9-17-43(45)46)38-25-23-36-31-41(27-26-35(36)30-38)48(39-12-4-2-5-13-39)40-14-6-3-7-15-40/h2-31H,1H3. The van der Waals surface area contributed by atoms with Crippen LogP contribution in [0.15, 0.2) is 182 Å². The topological polar surface area (TPSA) is 3.24 Å². The molecule has 0 radical (unpaired) electrons. The van der Waals surface area contributed by atoms with Crippen molar-refractivity contribution in [2.24, 2.45) is 0 Å². The molecule has 0 saturated heterocycles. The molecule has 0 aliphatic rings. The summed E-state index contributed by atoms with van der Waals surface area (Å²) in [4.78, 5) is 2.32. The monoisotopic (exact) mass is 611 g/mol. The Morgan fingerprint density at radius 2 is 0.708 bits per heavy atom. The third-order valence-electron chi connectivity index (χ3n) is 9.62. The Kier molecular flexibility index (Phi) is 6.76. The Bertz CT molecular complexity index is 2520. The van der Waals surface area contributed by atoms with Gasteiger partial charge in [0, 0.05) is 17.1 Å². The van der Waals surface area contributed by atoms with E-state index in [4.69, 9.17) is 0 Å². The van der Waals surface area contributed by atoms with E-state index < -0.39 is 0 Å². The maximum absolute atomic E-state index is 2.36. The van der Waals surface area contributed by atoms with Crippen LogP contribution in [-0.4, -0.2) is 0 Å². The zero-order chi connectivity index (χ0) is 32.0. The van der Waals surface area contributed by atoms with Gasteiger partial charge in [0.25, 0.3) is 0 Å². The van der Waals surface area contributed by atoms with Crippen LogP contribution in [0.4, 0.5) is 17.1 Å². The molecule has 0 amide bonds. The molecule has 226 valence electrons. The van der Waals surface area contributed by atoms with Gasteiger partial charge in [-0.15, -0.1) is 0 Å². The molecular formula is C47H33N. The summed E-state index contributed by atoms with van der Waals surface area (Å²) in [5.41, 5.74) is 9.75. The molecule has 9 rings (SSSR count). The Labute approximate surface area is 281 Å². The molecule has 48 heavy (non-hydrogen) atoms. The summed E-state index contributed by atoms with van der Waals surface area (Å²) in [5, 5.41) is 10.1. The molecule has 0 heterocycles. The lowest BCUT2D eigenvalue weighted by Gasteiger charge is -2.25. The first-order chi connectivity index (χ1) is 23.7. The number of hydrogen-bond donors (Lipinski definition) is 0. The van der Waals surface area contributed by atoms with E-state index in [0.29, 0.717) is 0 Å². The fourth-order valence-corrected chi connectivity index (χ4v) is 7.40. The summed E-state index contributed by atoms with van der Waals surface area (Å²) >= 11 is 0. The first-order valence-electron chi connectivity index (χ1n) is 16.6. The molecule has 0 aliphatic carbocycles. The predicted octanol–water partition coefficient (Wildman–Crippen LogP) is 13.4. The highest BCUT2D eigenvalue weighted by atomic mass is 15.1. The number of benzene rings is 9. The molecule has 1 heteroatoms. The van der Waals surface area contributed by atoms with Crippen LogP contribution in [0.2, 0.25) is 0 Å². The van der Waals surface area contributed by atoms with E-state index in [1.165, 1.54) is 70.9 Å². The second-order valence-electron chi connectivity index (χ2n) is 12.7. The first kappa shape index (κ1) is 28.1. The minimum absolute atomic E-state index is 1.14. The molecule has 9 aromatic carbocycles. The van der Waals surface area contributed by atoms with Crippen LogP contribution in [0.1, 0.15) is 5.56 Å². The summed E-state index contributed by atoms with van der Waals surface area (Å²) in [5.74, 6) is 0. The van der Waals surface area contributed by atoms with Crippen LogP contribution >= 0.6 is 0 Å². The van der Waals surface area contributed by atoms with Crippen LogP contribution in [-0.2, 0) is 0 Å². The van der Waals surface area contributed by atoms with E-state index in [1.54, 1.807) is 0 Å². The van der Waals surface area contributed by atoms with Gasteiger partial charge in [0.15, 0.2) is 0 Å². The second kappa shape index (κ2) is 11.6. The van der Waals surface area contributed by atoms with Crippen LogP contribution < -0.4 is 4.90 Å². The lowest BCUT2D eigenvalue weighted by Crippen LogP contribution is -2.09. The molecule has 0 fully saturated rings. The minimum Gasteiger partial charge on any atom is -0.310 e. The van der Waals surface area contributed by atoms with E-state index in [-0.39, 0.29) is 0 Å². The van der Waals surface area contributed by atoms with Crippen LogP contribution in [0.3, 0.4) is 0 Å². The molecule has 0 spiro atoms. The maximum Gasteiger partial charge on any atom is 0.0468 e. The number of anilines is 3. The quantitative estimate of drug-likeness (QED) is 0.175. The van der Waals surface area contributed by atoms with Crippen molar-refractivity contribution in [1.29, 1.82) is 0 Å². The molecule has 0 aromatic heterocycles. The molecule has 0 N–H and O–H groups in total. The SMILES string of the molecule is Cc1ccc2cc(-c3c4ccccc4c(-c4ccc5cc(N(c6ccccc6)c6ccccc6)ccc5c4)c4ccccc34)ccc2c1. The summed E-state index contributed by atoms with van der Waals surface area (Å²) in [6.07, 6.45) is 0. The average Bonchev–Trinajstić information content (AvgIpc) is 3.14. The average molecular weight is 612 g/mol. The van der Waals surface area contributed by atoms with E-state index in [1.807, 2.05) is 0 Å². The zero-order valence-electron chi connectivity index (χ0n) is 26.8. The third-order valence-corrected chi connectivity index (χ3v) is 9.62. The fourth-order valence-electron chi connectivity index (χ4n) is 7.40. The fraction of sp³-hybridized carbons (Fsp3) is 0.0213. The number of hydrogen-bond acceptors (Lipinski definition) is 1. The van der Waals surface area contributed by atoms with Crippen LogP contribution in [0.5, 0.6) is 0 Å². The van der Waals surface area contributed by atoms with Crippen molar-refractivity contribution in [3.8, 4) is 22.3 Å². The first-order valence-corrected chi connectivity index (χ1v) is 16.6. The lowest BCUT2D eigenvalue weighted by molar-refractivity contribution is 1.29. The van der Waals surface area contributed by atoms with Crippen molar-refractivity contribution in [1.82, 2.24) is 0 Å². The van der Waals surface area contributed by atoms with Gasteiger partial charge in [0.2, 0.25) is 0 Å². The highest BCUT2D eigenvalue weighted by molar-refractivity contribution is 6.22. The van der Waals surface area contributed by atoms with Crippen molar-refractivity contribution in [3.05, 3.63) is 188 Å². The number of nitrogens with zero attached hydrogens (tertiary/aromatic N) is 1. The van der Waals surface area contributed by atoms with Crippen molar-refractivity contribution in [2.45, 2.75) is 6.92 Å². The van der Waals surface area contributed by atoms with Gasteiger partial charge in [-0.05, 0) is 121 Å². The van der Waals surface area contributed by atoms with Gasteiger partial charge in [-0.2, -0.15) is 0 Å². The molecule has 0 saturated carbocycles.